The van der Waals surface area contributed by atoms with Gasteiger partial charge in [-0.1, -0.05) is 39.0 Å². The van der Waals surface area contributed by atoms with Gasteiger partial charge in [0.15, 0.2) is 0 Å². The van der Waals surface area contributed by atoms with Gasteiger partial charge in [0.1, 0.15) is 0 Å². The highest BCUT2D eigenvalue weighted by Crippen LogP contribution is 2.28. The van der Waals surface area contributed by atoms with Crippen LogP contribution in [0.3, 0.4) is 0 Å². The Morgan fingerprint density at radius 3 is 2.87 bits per heavy atom. The van der Waals surface area contributed by atoms with Crippen LogP contribution in [-0.2, 0) is 6.54 Å². The van der Waals surface area contributed by atoms with Gasteiger partial charge in [-0.05, 0) is 34.9 Å². The maximum absolute atomic E-state index is 3.51. The molecule has 15 heavy (non-hydrogen) atoms. The summed E-state index contributed by atoms with van der Waals surface area (Å²) in [6, 6.07) is 7.03. The smallest absolute Gasteiger partial charge is 0.0208 e. The fourth-order valence-electron chi connectivity index (χ4n) is 2.39. The van der Waals surface area contributed by atoms with E-state index in [9.17, 15) is 0 Å². The van der Waals surface area contributed by atoms with Crippen molar-refractivity contribution in [2.75, 3.05) is 6.54 Å². The van der Waals surface area contributed by atoms with E-state index >= 15 is 0 Å². The van der Waals surface area contributed by atoms with Gasteiger partial charge in [-0.2, -0.15) is 0 Å². The summed E-state index contributed by atoms with van der Waals surface area (Å²) in [7, 11) is 0. The highest BCUT2D eigenvalue weighted by atomic mass is 14.9. The number of benzene rings is 1. The first kappa shape index (κ1) is 10.7. The first-order valence-corrected chi connectivity index (χ1v) is 6.05. The molecule has 1 atom stereocenters. The molecule has 0 fully saturated rings. The van der Waals surface area contributed by atoms with Gasteiger partial charge in [0, 0.05) is 13.1 Å². The van der Waals surface area contributed by atoms with Gasteiger partial charge in [-0.15, -0.1) is 0 Å². The van der Waals surface area contributed by atoms with Crippen molar-refractivity contribution in [3.63, 3.8) is 0 Å². The molecule has 1 aliphatic rings. The summed E-state index contributed by atoms with van der Waals surface area (Å²) in [5.74, 6) is 1.35. The third-order valence-corrected chi connectivity index (χ3v) is 3.47. The van der Waals surface area contributed by atoms with Crippen molar-refractivity contribution in [3.8, 4) is 0 Å². The van der Waals surface area contributed by atoms with Crippen LogP contribution in [0.25, 0.3) is 0 Å². The summed E-state index contributed by atoms with van der Waals surface area (Å²) >= 11 is 0. The number of hydrogen-bond donors (Lipinski definition) is 1. The van der Waals surface area contributed by atoms with Gasteiger partial charge in [0.05, 0.1) is 0 Å². The Bertz CT molecular complexity index is 341. The normalized spacial score (nSPS) is 20.4. The van der Waals surface area contributed by atoms with Crippen molar-refractivity contribution in [2.45, 2.75) is 45.6 Å². The molecule has 0 spiro atoms. The molecule has 1 aromatic rings. The number of fused-ring (bicyclic) bond motifs is 1. The van der Waals surface area contributed by atoms with E-state index in [0.717, 1.165) is 19.0 Å². The van der Waals surface area contributed by atoms with Crippen molar-refractivity contribution in [1.82, 2.24) is 5.32 Å². The molecule has 0 bridgehead atoms. The van der Waals surface area contributed by atoms with Crippen molar-refractivity contribution in [2.24, 2.45) is 0 Å². The highest BCUT2D eigenvalue weighted by Gasteiger charge is 2.18. The van der Waals surface area contributed by atoms with Gasteiger partial charge >= 0.3 is 0 Å². The van der Waals surface area contributed by atoms with E-state index in [2.05, 4.69) is 44.3 Å². The maximum atomic E-state index is 3.51. The highest BCUT2D eigenvalue weighted by molar-refractivity contribution is 5.37. The average Bonchev–Trinajstić information content (AvgIpc) is 2.27. The van der Waals surface area contributed by atoms with Crippen LogP contribution in [0.4, 0.5) is 0 Å². The molecule has 1 heterocycles. The van der Waals surface area contributed by atoms with Crippen LogP contribution in [0.15, 0.2) is 18.2 Å². The monoisotopic (exact) mass is 203 g/mol. The Labute approximate surface area is 92.9 Å². The van der Waals surface area contributed by atoms with Crippen LogP contribution in [0, 0.1) is 0 Å². The van der Waals surface area contributed by atoms with Crippen molar-refractivity contribution < 1.29 is 0 Å². The first-order chi connectivity index (χ1) is 7.22. The molecule has 1 heteroatoms. The standard InChI is InChI=1S/C14H21N/c1-4-11-8-15-9-13-7-12(10(2)3)5-6-14(11)13/h5-7,10-11,15H,4,8-9H2,1-3H3. The minimum Gasteiger partial charge on any atom is -0.312 e. The largest absolute Gasteiger partial charge is 0.312 e. The van der Waals surface area contributed by atoms with Crippen molar-refractivity contribution in [1.29, 1.82) is 0 Å². The maximum Gasteiger partial charge on any atom is 0.0208 e. The van der Waals surface area contributed by atoms with E-state index in [1.165, 1.54) is 17.5 Å². The molecule has 1 unspecified atom stereocenters. The van der Waals surface area contributed by atoms with E-state index in [0.29, 0.717) is 5.92 Å². The van der Waals surface area contributed by atoms with Crippen LogP contribution in [0.2, 0.25) is 0 Å². The minimum atomic E-state index is 0.636. The second-order valence-electron chi connectivity index (χ2n) is 4.85. The van der Waals surface area contributed by atoms with Gasteiger partial charge in [0.2, 0.25) is 0 Å². The van der Waals surface area contributed by atoms with Crippen LogP contribution in [-0.4, -0.2) is 6.54 Å². The fourth-order valence-corrected chi connectivity index (χ4v) is 2.39. The Hall–Kier alpha value is -0.820. The Kier molecular flexibility index (Phi) is 3.11. The Morgan fingerprint density at radius 2 is 2.20 bits per heavy atom. The summed E-state index contributed by atoms with van der Waals surface area (Å²) in [6.07, 6.45) is 1.24. The van der Waals surface area contributed by atoms with E-state index in [1.54, 1.807) is 5.56 Å². The molecule has 0 aromatic heterocycles. The lowest BCUT2D eigenvalue weighted by molar-refractivity contribution is 0.529. The van der Waals surface area contributed by atoms with E-state index < -0.39 is 0 Å². The molecule has 0 saturated carbocycles. The summed E-state index contributed by atoms with van der Waals surface area (Å²) in [4.78, 5) is 0. The lowest BCUT2D eigenvalue weighted by Crippen LogP contribution is -2.27. The number of nitrogens with one attached hydrogen (secondary N) is 1. The molecule has 1 N–H and O–H groups in total. The quantitative estimate of drug-likeness (QED) is 0.776. The zero-order chi connectivity index (χ0) is 10.8. The predicted octanol–water partition coefficient (Wildman–Crippen LogP) is 3.41. The second-order valence-corrected chi connectivity index (χ2v) is 4.85. The summed E-state index contributed by atoms with van der Waals surface area (Å²) in [5, 5.41) is 3.51. The molecule has 1 aromatic carbocycles. The number of rotatable bonds is 2. The van der Waals surface area contributed by atoms with Crippen LogP contribution in [0.1, 0.15) is 55.7 Å². The van der Waals surface area contributed by atoms with Gasteiger partial charge in [-0.3, -0.25) is 0 Å². The minimum absolute atomic E-state index is 0.636. The van der Waals surface area contributed by atoms with E-state index in [-0.39, 0.29) is 0 Å². The third kappa shape index (κ3) is 2.07. The molecular weight excluding hydrogens is 182 g/mol. The lowest BCUT2D eigenvalue weighted by Gasteiger charge is -2.26. The Morgan fingerprint density at radius 1 is 1.40 bits per heavy atom. The molecule has 82 valence electrons. The lowest BCUT2D eigenvalue weighted by atomic mass is 9.86. The SMILES string of the molecule is CCC1CNCc2cc(C(C)C)ccc21. The van der Waals surface area contributed by atoms with Crippen molar-refractivity contribution in [3.05, 3.63) is 34.9 Å². The zero-order valence-electron chi connectivity index (χ0n) is 10.0. The summed E-state index contributed by atoms with van der Waals surface area (Å²) < 4.78 is 0. The second kappa shape index (κ2) is 4.36. The van der Waals surface area contributed by atoms with Gasteiger partial charge in [0.25, 0.3) is 0 Å². The topological polar surface area (TPSA) is 12.0 Å². The molecule has 0 saturated heterocycles. The molecule has 0 radical (unpaired) electrons. The van der Waals surface area contributed by atoms with Crippen molar-refractivity contribution >= 4 is 0 Å². The third-order valence-electron chi connectivity index (χ3n) is 3.47. The molecule has 0 amide bonds. The molecule has 2 rings (SSSR count). The molecular formula is C14H21N. The molecule has 1 nitrogen and oxygen atoms in total. The van der Waals surface area contributed by atoms with Crippen LogP contribution in [0.5, 0.6) is 0 Å². The number of hydrogen-bond acceptors (Lipinski definition) is 1. The van der Waals surface area contributed by atoms with Crippen LogP contribution < -0.4 is 5.32 Å². The fraction of sp³-hybridized carbons (Fsp3) is 0.571. The summed E-state index contributed by atoms with van der Waals surface area (Å²) in [5.41, 5.74) is 4.55. The van der Waals surface area contributed by atoms with Crippen LogP contribution >= 0.6 is 0 Å². The van der Waals surface area contributed by atoms with Gasteiger partial charge in [-0.25, -0.2) is 0 Å². The summed E-state index contributed by atoms with van der Waals surface area (Å²) in [6.45, 7) is 8.99. The Balaban J connectivity index is 2.36. The van der Waals surface area contributed by atoms with Gasteiger partial charge < -0.3 is 5.32 Å². The first-order valence-electron chi connectivity index (χ1n) is 6.05. The van der Waals surface area contributed by atoms with E-state index in [1.807, 2.05) is 0 Å². The van der Waals surface area contributed by atoms with E-state index in [4.69, 9.17) is 0 Å². The predicted molar refractivity (Wildman–Crippen MR) is 65.3 cm³/mol. The zero-order valence-corrected chi connectivity index (χ0v) is 10.0. The molecule has 1 aliphatic heterocycles. The average molecular weight is 203 g/mol. The molecule has 0 aliphatic carbocycles.